The van der Waals surface area contributed by atoms with Crippen LogP contribution in [0.1, 0.15) is 37.9 Å². The smallest absolute Gasteiger partial charge is 0.220 e. The van der Waals surface area contributed by atoms with Crippen LogP contribution in [0.5, 0.6) is 0 Å². The van der Waals surface area contributed by atoms with Crippen molar-refractivity contribution in [2.75, 3.05) is 26.7 Å². The molecule has 1 amide bonds. The molecule has 1 heterocycles. The van der Waals surface area contributed by atoms with Gasteiger partial charge >= 0.3 is 0 Å². The van der Waals surface area contributed by atoms with Gasteiger partial charge in [0.05, 0.1) is 6.26 Å². The largest absolute Gasteiger partial charge is 0.467 e. The van der Waals surface area contributed by atoms with Gasteiger partial charge in [-0.25, -0.2) is 0 Å². The van der Waals surface area contributed by atoms with Crippen molar-refractivity contribution in [3.63, 3.8) is 0 Å². The fourth-order valence-corrected chi connectivity index (χ4v) is 2.15. The summed E-state index contributed by atoms with van der Waals surface area (Å²) in [6, 6.07) is 4.19. The Kier molecular flexibility index (Phi) is 8.17. The number of carbonyl (C=O) groups is 1. The van der Waals surface area contributed by atoms with Gasteiger partial charge in [-0.05, 0) is 37.8 Å². The second-order valence-corrected chi connectivity index (χ2v) is 5.86. The normalized spacial score (nSPS) is 14.5. The molecule has 1 aromatic heterocycles. The van der Waals surface area contributed by atoms with Gasteiger partial charge in [0, 0.05) is 39.2 Å². The Bertz CT molecular complexity index is 498. The van der Waals surface area contributed by atoms with Gasteiger partial charge in [-0.3, -0.25) is 9.79 Å². The lowest BCUT2D eigenvalue weighted by molar-refractivity contribution is -0.121. The number of aliphatic imine (C=N–C) groups is 1. The molecule has 1 aliphatic rings. The first-order chi connectivity index (χ1) is 11.8. The predicted octanol–water partition coefficient (Wildman–Crippen LogP) is 1.41. The van der Waals surface area contributed by atoms with Crippen molar-refractivity contribution in [2.24, 2.45) is 4.99 Å². The van der Waals surface area contributed by atoms with Crippen molar-refractivity contribution < 1.29 is 13.9 Å². The molecule has 0 unspecified atom stereocenters. The third kappa shape index (κ3) is 8.01. The molecule has 0 radical (unpaired) electrons. The van der Waals surface area contributed by atoms with Crippen LogP contribution < -0.4 is 16.0 Å². The van der Waals surface area contributed by atoms with E-state index in [-0.39, 0.29) is 5.91 Å². The van der Waals surface area contributed by atoms with Gasteiger partial charge in [0.2, 0.25) is 5.91 Å². The van der Waals surface area contributed by atoms with E-state index in [1.807, 2.05) is 12.1 Å². The zero-order chi connectivity index (χ0) is 17.0. The molecule has 0 atom stereocenters. The minimum Gasteiger partial charge on any atom is -0.467 e. The van der Waals surface area contributed by atoms with E-state index >= 15 is 0 Å². The van der Waals surface area contributed by atoms with Crippen LogP contribution in [0.25, 0.3) is 0 Å². The number of carbonyl (C=O) groups excluding carboxylic acids is 1. The summed E-state index contributed by atoms with van der Waals surface area (Å²) < 4.78 is 10.7. The van der Waals surface area contributed by atoms with E-state index < -0.39 is 0 Å². The molecule has 1 fully saturated rings. The van der Waals surface area contributed by atoms with E-state index in [0.717, 1.165) is 50.5 Å². The number of ether oxygens (including phenoxy) is 1. The van der Waals surface area contributed by atoms with Gasteiger partial charge in [-0.2, -0.15) is 0 Å². The lowest BCUT2D eigenvalue weighted by atomic mass is 10.3. The van der Waals surface area contributed by atoms with Crippen LogP contribution in [0.15, 0.2) is 27.8 Å². The molecule has 3 N–H and O–H groups in total. The van der Waals surface area contributed by atoms with Crippen LogP contribution in [0, 0.1) is 0 Å². The minimum absolute atomic E-state index is 0.149. The minimum atomic E-state index is 0.149. The molecule has 0 saturated heterocycles. The Hall–Kier alpha value is -2.02. The Balaban J connectivity index is 1.42. The van der Waals surface area contributed by atoms with Gasteiger partial charge in [0.15, 0.2) is 5.96 Å². The van der Waals surface area contributed by atoms with E-state index in [1.54, 1.807) is 13.3 Å². The maximum absolute atomic E-state index is 11.6. The van der Waals surface area contributed by atoms with E-state index in [4.69, 9.17) is 9.15 Å². The van der Waals surface area contributed by atoms with Crippen LogP contribution in [-0.4, -0.2) is 44.7 Å². The summed E-state index contributed by atoms with van der Waals surface area (Å²) >= 11 is 0. The first-order valence-corrected chi connectivity index (χ1v) is 8.62. The molecule has 7 heteroatoms. The highest BCUT2D eigenvalue weighted by atomic mass is 16.5. The average Bonchev–Trinajstić information content (AvgIpc) is 3.23. The zero-order valence-corrected chi connectivity index (χ0v) is 14.3. The fraction of sp³-hybridized carbons (Fsp3) is 0.647. The third-order valence-corrected chi connectivity index (χ3v) is 3.62. The number of nitrogens with one attached hydrogen (secondary N) is 3. The molecule has 2 rings (SSSR count). The first kappa shape index (κ1) is 18.3. The number of furan rings is 1. The topological polar surface area (TPSA) is 87.9 Å². The number of guanidine groups is 1. The quantitative estimate of drug-likeness (QED) is 0.323. The first-order valence-electron chi connectivity index (χ1n) is 8.62. The second kappa shape index (κ2) is 10.7. The SMILES string of the molecule is CN=C(NCCCOCc1ccco1)NCCCC(=O)NC1CC1. The van der Waals surface area contributed by atoms with Crippen LogP contribution in [0.2, 0.25) is 0 Å². The van der Waals surface area contributed by atoms with E-state index in [2.05, 4.69) is 20.9 Å². The molecule has 0 bridgehead atoms. The van der Waals surface area contributed by atoms with Crippen LogP contribution >= 0.6 is 0 Å². The van der Waals surface area contributed by atoms with Crippen LogP contribution in [0.3, 0.4) is 0 Å². The lowest BCUT2D eigenvalue weighted by Gasteiger charge is -2.11. The predicted molar refractivity (Wildman–Crippen MR) is 92.7 cm³/mol. The molecule has 1 aliphatic carbocycles. The Morgan fingerprint density at radius 3 is 2.79 bits per heavy atom. The molecule has 0 spiro atoms. The van der Waals surface area contributed by atoms with Gasteiger partial charge in [-0.1, -0.05) is 0 Å². The molecular formula is C17H28N4O3. The van der Waals surface area contributed by atoms with Crippen molar-refractivity contribution in [3.8, 4) is 0 Å². The molecular weight excluding hydrogens is 308 g/mol. The number of amides is 1. The molecule has 7 nitrogen and oxygen atoms in total. The lowest BCUT2D eigenvalue weighted by Crippen LogP contribution is -2.38. The monoisotopic (exact) mass is 336 g/mol. The van der Waals surface area contributed by atoms with Crippen molar-refractivity contribution in [2.45, 2.75) is 44.8 Å². The van der Waals surface area contributed by atoms with Crippen molar-refractivity contribution in [1.29, 1.82) is 0 Å². The highest BCUT2D eigenvalue weighted by molar-refractivity contribution is 5.79. The number of hydrogen-bond donors (Lipinski definition) is 3. The van der Waals surface area contributed by atoms with Gasteiger partial charge in [-0.15, -0.1) is 0 Å². The summed E-state index contributed by atoms with van der Waals surface area (Å²) in [6.45, 7) is 2.67. The molecule has 1 saturated carbocycles. The number of hydrogen-bond acceptors (Lipinski definition) is 4. The molecule has 134 valence electrons. The third-order valence-electron chi connectivity index (χ3n) is 3.62. The molecule has 24 heavy (non-hydrogen) atoms. The Morgan fingerprint density at radius 1 is 1.33 bits per heavy atom. The highest BCUT2D eigenvalue weighted by Gasteiger charge is 2.22. The van der Waals surface area contributed by atoms with Crippen molar-refractivity contribution in [1.82, 2.24) is 16.0 Å². The van der Waals surface area contributed by atoms with Crippen molar-refractivity contribution >= 4 is 11.9 Å². The summed E-state index contributed by atoms with van der Waals surface area (Å²) in [5.74, 6) is 1.74. The summed E-state index contributed by atoms with van der Waals surface area (Å²) in [5.41, 5.74) is 0. The van der Waals surface area contributed by atoms with Gasteiger partial charge in [0.1, 0.15) is 12.4 Å². The summed E-state index contributed by atoms with van der Waals surface area (Å²) in [7, 11) is 1.74. The maximum Gasteiger partial charge on any atom is 0.220 e. The van der Waals surface area contributed by atoms with Gasteiger partial charge in [0.25, 0.3) is 0 Å². The summed E-state index contributed by atoms with van der Waals surface area (Å²) in [4.78, 5) is 15.7. The van der Waals surface area contributed by atoms with Crippen LogP contribution in [-0.2, 0) is 16.1 Å². The Morgan fingerprint density at radius 2 is 2.12 bits per heavy atom. The van der Waals surface area contributed by atoms with Gasteiger partial charge < -0.3 is 25.1 Å². The molecule has 0 aliphatic heterocycles. The number of nitrogens with zero attached hydrogens (tertiary/aromatic N) is 1. The zero-order valence-electron chi connectivity index (χ0n) is 14.3. The summed E-state index contributed by atoms with van der Waals surface area (Å²) in [6.07, 6.45) is 6.14. The molecule has 0 aromatic carbocycles. The fourth-order valence-electron chi connectivity index (χ4n) is 2.15. The summed E-state index contributed by atoms with van der Waals surface area (Å²) in [5, 5.41) is 9.43. The molecule has 1 aromatic rings. The second-order valence-electron chi connectivity index (χ2n) is 5.86. The average molecular weight is 336 g/mol. The Labute approximate surface area is 143 Å². The highest BCUT2D eigenvalue weighted by Crippen LogP contribution is 2.18. The van der Waals surface area contributed by atoms with E-state index in [1.165, 1.54) is 0 Å². The number of rotatable bonds is 11. The van der Waals surface area contributed by atoms with E-state index in [0.29, 0.717) is 25.7 Å². The maximum atomic E-state index is 11.6. The van der Waals surface area contributed by atoms with E-state index in [9.17, 15) is 4.79 Å². The standard InChI is InChI=1S/C17H28N4O3/c1-18-17(19-9-2-6-16(22)21-14-7-8-14)20-10-4-11-23-13-15-5-3-12-24-15/h3,5,12,14H,2,4,6-11,13H2,1H3,(H,21,22)(H2,18,19,20). The van der Waals surface area contributed by atoms with Crippen LogP contribution in [0.4, 0.5) is 0 Å². The van der Waals surface area contributed by atoms with Crippen molar-refractivity contribution in [3.05, 3.63) is 24.2 Å².